The van der Waals surface area contributed by atoms with Gasteiger partial charge in [-0.15, -0.1) is 0 Å². The van der Waals surface area contributed by atoms with Crippen molar-refractivity contribution in [1.82, 2.24) is 15.0 Å². The first-order chi connectivity index (χ1) is 12.8. The average molecular weight is 337 g/mol. The zero-order valence-electron chi connectivity index (χ0n) is 14.1. The summed E-state index contributed by atoms with van der Waals surface area (Å²) in [6, 6.07) is 17.5. The summed E-state index contributed by atoms with van der Waals surface area (Å²) in [5, 5.41) is 4.11. The number of pyridine rings is 1. The normalized spacial score (nSPS) is 10.5. The molecule has 4 aromatic rings. The number of nitrogens with zero attached hydrogens (tertiary/aromatic N) is 4. The van der Waals surface area contributed by atoms with Gasteiger partial charge in [0.1, 0.15) is 5.82 Å². The van der Waals surface area contributed by atoms with Gasteiger partial charge in [0, 0.05) is 30.4 Å². The Morgan fingerprint density at radius 1 is 0.923 bits per heavy atom. The largest absolute Gasteiger partial charge is 0.373 e. The third-order valence-corrected chi connectivity index (χ3v) is 4.18. The van der Waals surface area contributed by atoms with Gasteiger partial charge in [-0.2, -0.15) is 0 Å². The number of anilines is 1. The number of hydrogen-bond donors (Lipinski definition) is 1. The molecule has 0 fully saturated rings. The number of aromatic nitrogens is 3. The van der Waals surface area contributed by atoms with Crippen LogP contribution in [0.3, 0.4) is 0 Å². The van der Waals surface area contributed by atoms with Gasteiger partial charge in [0.25, 0.3) is 0 Å². The van der Waals surface area contributed by atoms with Crippen LogP contribution in [0.2, 0.25) is 0 Å². The molecule has 2 heterocycles. The highest BCUT2D eigenvalue weighted by Crippen LogP contribution is 2.29. The fraction of sp³-hybridized carbons (Fsp3) is 0.0476. The van der Waals surface area contributed by atoms with Crippen LogP contribution in [0.1, 0.15) is 0 Å². The summed E-state index contributed by atoms with van der Waals surface area (Å²) in [5.74, 6) is 1.42. The molecule has 2 aromatic carbocycles. The van der Waals surface area contributed by atoms with Gasteiger partial charge in [-0.25, -0.2) is 14.8 Å². The lowest BCUT2D eigenvalue weighted by Gasteiger charge is -2.10. The molecule has 2 aromatic heterocycles. The summed E-state index contributed by atoms with van der Waals surface area (Å²) in [6.45, 7) is 7.07. The lowest BCUT2D eigenvalue weighted by Crippen LogP contribution is -1.99. The maximum absolute atomic E-state index is 7.07. The van der Waals surface area contributed by atoms with Gasteiger partial charge in [-0.05, 0) is 35.4 Å². The van der Waals surface area contributed by atoms with E-state index in [0.29, 0.717) is 11.5 Å². The quantitative estimate of drug-likeness (QED) is 0.537. The first-order valence-corrected chi connectivity index (χ1v) is 8.16. The minimum atomic E-state index is 0.633. The molecule has 5 heteroatoms. The molecule has 0 aliphatic heterocycles. The second kappa shape index (κ2) is 6.61. The van der Waals surface area contributed by atoms with Crippen LogP contribution in [0.5, 0.6) is 0 Å². The Morgan fingerprint density at radius 3 is 2.42 bits per heavy atom. The van der Waals surface area contributed by atoms with Crippen molar-refractivity contribution in [2.75, 3.05) is 12.4 Å². The van der Waals surface area contributed by atoms with Crippen LogP contribution in [0.15, 0.2) is 67.0 Å². The van der Waals surface area contributed by atoms with Crippen LogP contribution in [0.25, 0.3) is 38.3 Å². The summed E-state index contributed by atoms with van der Waals surface area (Å²) >= 11 is 0. The molecule has 0 radical (unpaired) electrons. The van der Waals surface area contributed by atoms with Gasteiger partial charge in [0.05, 0.1) is 12.1 Å². The smallest absolute Gasteiger partial charge is 0.187 e. The SMILES string of the molecule is [C-]#[N+]c1ccc(-c2ccc3c(NC)nc(-c4cccnc4)nc3c2)cc1. The maximum Gasteiger partial charge on any atom is 0.187 e. The summed E-state index contributed by atoms with van der Waals surface area (Å²) in [4.78, 5) is 16.9. The van der Waals surface area contributed by atoms with Gasteiger partial charge in [-0.3, -0.25) is 4.98 Å². The predicted octanol–water partition coefficient (Wildman–Crippen LogP) is 4.95. The standard InChI is InChI=1S/C21H15N5/c1-22-17-8-5-14(6-9-17)15-7-10-18-19(12-15)25-20(26-21(18)23-2)16-4-3-11-24-13-16/h3-13H,2H3,(H,23,25,26). The Hall–Kier alpha value is -3.78. The van der Waals surface area contributed by atoms with Crippen LogP contribution in [0, 0.1) is 6.57 Å². The van der Waals surface area contributed by atoms with Gasteiger partial charge in [-0.1, -0.05) is 30.3 Å². The molecule has 26 heavy (non-hydrogen) atoms. The molecule has 0 unspecified atom stereocenters. The molecule has 1 N–H and O–H groups in total. The fourth-order valence-corrected chi connectivity index (χ4v) is 2.85. The van der Waals surface area contributed by atoms with E-state index in [-0.39, 0.29) is 0 Å². The van der Waals surface area contributed by atoms with Gasteiger partial charge in [0.2, 0.25) is 0 Å². The molecule has 0 saturated heterocycles. The fourth-order valence-electron chi connectivity index (χ4n) is 2.85. The van der Waals surface area contributed by atoms with Crippen LogP contribution in [-0.2, 0) is 0 Å². The van der Waals surface area contributed by atoms with E-state index in [1.54, 1.807) is 12.4 Å². The lowest BCUT2D eigenvalue weighted by molar-refractivity contribution is 1.20. The lowest BCUT2D eigenvalue weighted by atomic mass is 10.0. The number of rotatable bonds is 3. The van der Waals surface area contributed by atoms with E-state index in [2.05, 4.69) is 20.1 Å². The third kappa shape index (κ3) is 2.85. The van der Waals surface area contributed by atoms with E-state index in [1.807, 2.05) is 61.6 Å². The van der Waals surface area contributed by atoms with Crippen LogP contribution in [-0.4, -0.2) is 22.0 Å². The van der Waals surface area contributed by atoms with Crippen molar-refractivity contribution < 1.29 is 0 Å². The Bertz CT molecular complexity index is 1110. The summed E-state index contributed by atoms with van der Waals surface area (Å²) < 4.78 is 0. The predicted molar refractivity (Wildman–Crippen MR) is 104 cm³/mol. The molecule has 0 aliphatic rings. The van der Waals surface area contributed by atoms with E-state index in [9.17, 15) is 0 Å². The zero-order valence-corrected chi connectivity index (χ0v) is 14.1. The molecule has 124 valence electrons. The molecule has 4 rings (SSSR count). The Labute approximate surface area is 151 Å². The molecular weight excluding hydrogens is 322 g/mol. The van der Waals surface area contributed by atoms with Crippen molar-refractivity contribution in [3.05, 3.63) is 78.4 Å². The van der Waals surface area contributed by atoms with Crippen LogP contribution in [0.4, 0.5) is 11.5 Å². The highest BCUT2D eigenvalue weighted by atomic mass is 15.0. The highest BCUT2D eigenvalue weighted by molar-refractivity contribution is 5.93. The number of nitrogens with one attached hydrogen (secondary N) is 1. The molecule has 0 saturated carbocycles. The van der Waals surface area contributed by atoms with Crippen molar-refractivity contribution in [3.8, 4) is 22.5 Å². The van der Waals surface area contributed by atoms with E-state index in [1.165, 1.54) is 0 Å². The number of hydrogen-bond acceptors (Lipinski definition) is 4. The molecule has 5 nitrogen and oxygen atoms in total. The second-order valence-electron chi connectivity index (χ2n) is 5.78. The van der Waals surface area contributed by atoms with Crippen molar-refractivity contribution in [2.24, 2.45) is 0 Å². The summed E-state index contributed by atoms with van der Waals surface area (Å²) in [5.41, 5.74) is 4.46. The monoisotopic (exact) mass is 337 g/mol. The van der Waals surface area contributed by atoms with Crippen molar-refractivity contribution >= 4 is 22.4 Å². The van der Waals surface area contributed by atoms with E-state index >= 15 is 0 Å². The molecule has 0 spiro atoms. The van der Waals surface area contributed by atoms with Gasteiger partial charge < -0.3 is 5.32 Å². The molecule has 0 amide bonds. The van der Waals surface area contributed by atoms with E-state index in [0.717, 1.165) is 33.4 Å². The summed E-state index contributed by atoms with van der Waals surface area (Å²) in [6.07, 6.45) is 3.49. The zero-order chi connectivity index (χ0) is 17.9. The van der Waals surface area contributed by atoms with E-state index < -0.39 is 0 Å². The molecule has 0 bridgehead atoms. The average Bonchev–Trinajstić information content (AvgIpc) is 2.73. The van der Waals surface area contributed by atoms with Crippen molar-refractivity contribution in [2.45, 2.75) is 0 Å². The van der Waals surface area contributed by atoms with E-state index in [4.69, 9.17) is 11.6 Å². The first-order valence-electron chi connectivity index (χ1n) is 8.16. The van der Waals surface area contributed by atoms with Crippen molar-refractivity contribution in [3.63, 3.8) is 0 Å². The van der Waals surface area contributed by atoms with Crippen LogP contribution < -0.4 is 5.32 Å². The Kier molecular flexibility index (Phi) is 4.00. The Morgan fingerprint density at radius 2 is 1.73 bits per heavy atom. The summed E-state index contributed by atoms with van der Waals surface area (Å²) in [7, 11) is 1.85. The van der Waals surface area contributed by atoms with Crippen LogP contribution >= 0.6 is 0 Å². The second-order valence-corrected chi connectivity index (χ2v) is 5.78. The topological polar surface area (TPSA) is 55.1 Å². The van der Waals surface area contributed by atoms with Gasteiger partial charge >= 0.3 is 0 Å². The first kappa shape index (κ1) is 15.7. The maximum atomic E-state index is 7.07. The molecule has 0 aliphatic carbocycles. The molecular formula is C21H15N5. The van der Waals surface area contributed by atoms with Crippen molar-refractivity contribution in [1.29, 1.82) is 0 Å². The third-order valence-electron chi connectivity index (χ3n) is 4.18. The highest BCUT2D eigenvalue weighted by Gasteiger charge is 2.10. The Balaban J connectivity index is 1.87. The minimum Gasteiger partial charge on any atom is -0.373 e. The molecule has 0 atom stereocenters. The van der Waals surface area contributed by atoms with Gasteiger partial charge in [0.15, 0.2) is 11.5 Å². The number of benzene rings is 2. The number of fused-ring (bicyclic) bond motifs is 1. The minimum absolute atomic E-state index is 0.633.